The Morgan fingerprint density at radius 2 is 2.04 bits per heavy atom. The van der Waals surface area contributed by atoms with Gasteiger partial charge in [0.25, 0.3) is 0 Å². The number of para-hydroxylation sites is 1. The van der Waals surface area contributed by atoms with E-state index in [0.717, 1.165) is 34.6 Å². The molecule has 0 aliphatic heterocycles. The van der Waals surface area contributed by atoms with Gasteiger partial charge in [0.2, 0.25) is 5.91 Å². The lowest BCUT2D eigenvalue weighted by atomic mass is 10.1. The minimum atomic E-state index is -0.0624. The predicted molar refractivity (Wildman–Crippen MR) is 113 cm³/mol. The van der Waals surface area contributed by atoms with Gasteiger partial charge in [-0.15, -0.1) is 16.8 Å². The fourth-order valence-corrected chi connectivity index (χ4v) is 3.66. The number of allylic oxidation sites excluding steroid dienone is 1. The maximum atomic E-state index is 12.5. The zero-order valence-corrected chi connectivity index (χ0v) is 16.9. The number of carbonyl (C=O) groups excluding carboxylic acids is 1. The number of aryl methyl sites for hydroxylation is 2. The summed E-state index contributed by atoms with van der Waals surface area (Å²) in [4.78, 5) is 16.6. The third kappa shape index (κ3) is 4.48. The van der Waals surface area contributed by atoms with Crippen molar-refractivity contribution in [2.45, 2.75) is 32.0 Å². The molecule has 0 fully saturated rings. The molecule has 1 aromatic carbocycles. The van der Waals surface area contributed by atoms with Gasteiger partial charge in [0.15, 0.2) is 11.0 Å². The number of nitrogens with one attached hydrogen (secondary N) is 1. The van der Waals surface area contributed by atoms with Gasteiger partial charge in [-0.25, -0.2) is 0 Å². The zero-order chi connectivity index (χ0) is 19.9. The number of aromatic nitrogens is 4. The molecule has 0 radical (unpaired) electrons. The first-order chi connectivity index (χ1) is 13.6. The van der Waals surface area contributed by atoms with Crippen LogP contribution in [0, 0.1) is 6.92 Å². The quantitative estimate of drug-likeness (QED) is 0.460. The molecule has 2 aromatic heterocycles. The van der Waals surface area contributed by atoms with Crippen LogP contribution in [0.5, 0.6) is 0 Å². The Morgan fingerprint density at radius 1 is 1.25 bits per heavy atom. The van der Waals surface area contributed by atoms with Crippen molar-refractivity contribution in [1.82, 2.24) is 19.7 Å². The summed E-state index contributed by atoms with van der Waals surface area (Å²) in [6.45, 7) is 8.46. The van der Waals surface area contributed by atoms with Crippen molar-refractivity contribution in [1.29, 1.82) is 0 Å². The number of pyridine rings is 1. The van der Waals surface area contributed by atoms with Crippen molar-refractivity contribution in [3.8, 4) is 11.4 Å². The normalized spacial score (nSPS) is 10.6. The number of anilines is 1. The molecule has 0 aliphatic carbocycles. The summed E-state index contributed by atoms with van der Waals surface area (Å²) in [6.07, 6.45) is 6.10. The smallest absolute Gasteiger partial charge is 0.234 e. The summed E-state index contributed by atoms with van der Waals surface area (Å²) in [5.74, 6) is 0.924. The maximum absolute atomic E-state index is 12.5. The first-order valence-electron chi connectivity index (χ1n) is 9.09. The first kappa shape index (κ1) is 19.8. The van der Waals surface area contributed by atoms with E-state index < -0.39 is 0 Å². The average Bonchev–Trinajstić information content (AvgIpc) is 3.11. The minimum Gasteiger partial charge on any atom is -0.325 e. The van der Waals surface area contributed by atoms with Crippen LogP contribution in [-0.4, -0.2) is 31.4 Å². The Balaban J connectivity index is 1.73. The molecule has 0 spiro atoms. The number of thioether (sulfide) groups is 1. The SMILES string of the molecule is C=CCn1c(SCC(=O)Nc2c(C)cccc2CC)nnc1-c1ccncc1. The van der Waals surface area contributed by atoms with E-state index in [1.54, 1.807) is 18.5 Å². The molecule has 3 rings (SSSR count). The number of amides is 1. The lowest BCUT2D eigenvalue weighted by Crippen LogP contribution is -2.16. The average molecular weight is 394 g/mol. The molecule has 28 heavy (non-hydrogen) atoms. The Labute approximate surface area is 169 Å². The summed E-state index contributed by atoms with van der Waals surface area (Å²) in [5.41, 5.74) is 4.02. The summed E-state index contributed by atoms with van der Waals surface area (Å²) in [5, 5.41) is 12.3. The van der Waals surface area contributed by atoms with Gasteiger partial charge in [0.1, 0.15) is 0 Å². The molecule has 144 valence electrons. The lowest BCUT2D eigenvalue weighted by molar-refractivity contribution is -0.113. The highest BCUT2D eigenvalue weighted by Gasteiger charge is 2.15. The van der Waals surface area contributed by atoms with Gasteiger partial charge < -0.3 is 5.32 Å². The van der Waals surface area contributed by atoms with Crippen LogP contribution in [0.25, 0.3) is 11.4 Å². The molecule has 1 amide bonds. The second-order valence-electron chi connectivity index (χ2n) is 6.24. The summed E-state index contributed by atoms with van der Waals surface area (Å²) < 4.78 is 1.95. The van der Waals surface area contributed by atoms with Crippen molar-refractivity contribution < 1.29 is 4.79 Å². The Bertz CT molecular complexity index is 968. The predicted octanol–water partition coefficient (Wildman–Crippen LogP) is 4.13. The largest absolute Gasteiger partial charge is 0.325 e. The van der Waals surface area contributed by atoms with Crippen LogP contribution < -0.4 is 5.32 Å². The number of hydrogen-bond acceptors (Lipinski definition) is 5. The van der Waals surface area contributed by atoms with Crippen LogP contribution in [0.3, 0.4) is 0 Å². The number of hydrogen-bond donors (Lipinski definition) is 1. The highest BCUT2D eigenvalue weighted by atomic mass is 32.2. The molecule has 0 unspecified atom stereocenters. The standard InChI is InChI=1S/C21H23N5OS/c1-4-13-26-20(17-9-11-22-12-10-17)24-25-21(26)28-14-18(27)23-19-15(3)7-6-8-16(19)5-2/h4,6-12H,1,5,13-14H2,2-3H3,(H,23,27). The van der Waals surface area contributed by atoms with Crippen LogP contribution >= 0.6 is 11.8 Å². The fraction of sp³-hybridized carbons (Fsp3) is 0.238. The van der Waals surface area contributed by atoms with Crippen molar-refractivity contribution >= 4 is 23.4 Å². The van der Waals surface area contributed by atoms with E-state index in [9.17, 15) is 4.79 Å². The molecule has 2 heterocycles. The Morgan fingerprint density at radius 3 is 2.75 bits per heavy atom. The molecule has 6 nitrogen and oxygen atoms in total. The highest BCUT2D eigenvalue weighted by Crippen LogP contribution is 2.25. The molecule has 0 aliphatic rings. The van der Waals surface area contributed by atoms with Gasteiger partial charge in [-0.2, -0.15) is 0 Å². The van der Waals surface area contributed by atoms with E-state index in [2.05, 4.69) is 34.0 Å². The number of rotatable bonds is 8. The maximum Gasteiger partial charge on any atom is 0.234 e. The number of benzene rings is 1. The van der Waals surface area contributed by atoms with Gasteiger partial charge in [-0.3, -0.25) is 14.3 Å². The van der Waals surface area contributed by atoms with Gasteiger partial charge >= 0.3 is 0 Å². The Hall–Kier alpha value is -2.93. The summed E-state index contributed by atoms with van der Waals surface area (Å²) in [7, 11) is 0. The van der Waals surface area contributed by atoms with Gasteiger partial charge in [0, 0.05) is 30.2 Å². The third-order valence-corrected chi connectivity index (χ3v) is 5.27. The number of nitrogens with zero attached hydrogens (tertiary/aromatic N) is 4. The molecule has 1 N–H and O–H groups in total. The molecular formula is C21H23N5OS. The minimum absolute atomic E-state index is 0.0624. The second-order valence-corrected chi connectivity index (χ2v) is 7.18. The van der Waals surface area contributed by atoms with Gasteiger partial charge in [-0.1, -0.05) is 43.0 Å². The summed E-state index contributed by atoms with van der Waals surface area (Å²) >= 11 is 1.36. The Kier molecular flexibility index (Phi) is 6.60. The molecule has 0 bridgehead atoms. The van der Waals surface area contributed by atoms with E-state index in [1.165, 1.54) is 11.8 Å². The van der Waals surface area contributed by atoms with Crippen molar-refractivity contribution in [2.24, 2.45) is 0 Å². The van der Waals surface area contributed by atoms with Crippen LogP contribution in [0.15, 0.2) is 60.5 Å². The monoisotopic (exact) mass is 393 g/mol. The molecular weight excluding hydrogens is 370 g/mol. The van der Waals surface area contributed by atoms with Crippen molar-refractivity contribution in [2.75, 3.05) is 11.1 Å². The molecule has 0 atom stereocenters. The second kappa shape index (κ2) is 9.32. The van der Waals surface area contributed by atoms with E-state index in [0.29, 0.717) is 11.7 Å². The van der Waals surface area contributed by atoms with Crippen LogP contribution in [-0.2, 0) is 17.8 Å². The zero-order valence-electron chi connectivity index (χ0n) is 16.1. The molecule has 0 saturated carbocycles. The third-order valence-electron chi connectivity index (χ3n) is 4.30. The van der Waals surface area contributed by atoms with E-state index in [4.69, 9.17) is 0 Å². The van der Waals surface area contributed by atoms with Crippen molar-refractivity contribution in [3.05, 3.63) is 66.5 Å². The van der Waals surface area contributed by atoms with Crippen LogP contribution in [0.4, 0.5) is 5.69 Å². The molecule has 3 aromatic rings. The van der Waals surface area contributed by atoms with E-state index in [1.807, 2.05) is 41.8 Å². The highest BCUT2D eigenvalue weighted by molar-refractivity contribution is 7.99. The molecule has 7 heteroatoms. The number of carbonyl (C=O) groups is 1. The van der Waals surface area contributed by atoms with Gasteiger partial charge in [0.05, 0.1) is 5.75 Å². The first-order valence-corrected chi connectivity index (χ1v) is 10.1. The van der Waals surface area contributed by atoms with E-state index in [-0.39, 0.29) is 11.7 Å². The lowest BCUT2D eigenvalue weighted by Gasteiger charge is -2.13. The van der Waals surface area contributed by atoms with E-state index >= 15 is 0 Å². The van der Waals surface area contributed by atoms with Crippen LogP contribution in [0.1, 0.15) is 18.1 Å². The van der Waals surface area contributed by atoms with Crippen molar-refractivity contribution in [3.63, 3.8) is 0 Å². The summed E-state index contributed by atoms with van der Waals surface area (Å²) in [6, 6.07) is 9.82. The fourth-order valence-electron chi connectivity index (χ4n) is 2.91. The van der Waals surface area contributed by atoms with Crippen LogP contribution in [0.2, 0.25) is 0 Å². The molecule has 0 saturated heterocycles. The van der Waals surface area contributed by atoms with Gasteiger partial charge in [-0.05, 0) is 36.6 Å². The topological polar surface area (TPSA) is 72.7 Å².